The van der Waals surface area contributed by atoms with Crippen LogP contribution in [0.1, 0.15) is 37.7 Å². The van der Waals surface area contributed by atoms with Crippen molar-refractivity contribution in [2.75, 3.05) is 17.7 Å². The van der Waals surface area contributed by atoms with Gasteiger partial charge >= 0.3 is 5.69 Å². The Bertz CT molecular complexity index is 745. The van der Waals surface area contributed by atoms with Gasteiger partial charge < -0.3 is 15.4 Å². The standard InChI is InChI=1S/C18H23N5O3/c1-26-15-9-7-13(8-10-15)11-19-17-16(23(24)25)18(21-12-20-17)22-14-5-3-2-4-6-14/h7-10,12,14H,2-6,11H2,1H3,(H2,19,20,21,22). The minimum Gasteiger partial charge on any atom is -0.497 e. The molecule has 0 amide bonds. The maximum absolute atomic E-state index is 11.6. The molecule has 0 unspecified atom stereocenters. The summed E-state index contributed by atoms with van der Waals surface area (Å²) in [5.41, 5.74) is 0.868. The second-order valence-electron chi connectivity index (χ2n) is 6.36. The monoisotopic (exact) mass is 357 g/mol. The van der Waals surface area contributed by atoms with E-state index in [0.717, 1.165) is 37.0 Å². The second-order valence-corrected chi connectivity index (χ2v) is 6.36. The van der Waals surface area contributed by atoms with Crippen LogP contribution >= 0.6 is 0 Å². The van der Waals surface area contributed by atoms with Gasteiger partial charge in [-0.2, -0.15) is 0 Å². The van der Waals surface area contributed by atoms with Crippen LogP contribution in [0, 0.1) is 10.1 Å². The van der Waals surface area contributed by atoms with Gasteiger partial charge in [0.2, 0.25) is 11.6 Å². The van der Waals surface area contributed by atoms with Gasteiger partial charge in [0.05, 0.1) is 12.0 Å². The van der Waals surface area contributed by atoms with Crippen LogP contribution in [0.3, 0.4) is 0 Å². The SMILES string of the molecule is COc1ccc(CNc2ncnc(NC3CCCCC3)c2[N+](=O)[O-])cc1. The van der Waals surface area contributed by atoms with E-state index in [4.69, 9.17) is 4.74 Å². The summed E-state index contributed by atoms with van der Waals surface area (Å²) in [7, 11) is 1.61. The van der Waals surface area contributed by atoms with Crippen LogP contribution in [-0.4, -0.2) is 28.0 Å². The van der Waals surface area contributed by atoms with Crippen LogP contribution in [0.2, 0.25) is 0 Å². The molecule has 0 aliphatic heterocycles. The maximum atomic E-state index is 11.6. The number of anilines is 2. The molecular formula is C18H23N5O3. The molecule has 2 aromatic rings. The number of nitro groups is 1. The average molecular weight is 357 g/mol. The second kappa shape index (κ2) is 8.46. The predicted octanol–water partition coefficient (Wildman–Crippen LogP) is 3.75. The molecule has 26 heavy (non-hydrogen) atoms. The van der Waals surface area contributed by atoms with Crippen molar-refractivity contribution in [3.8, 4) is 5.75 Å². The van der Waals surface area contributed by atoms with Crippen molar-refractivity contribution in [3.63, 3.8) is 0 Å². The highest BCUT2D eigenvalue weighted by atomic mass is 16.6. The van der Waals surface area contributed by atoms with Gasteiger partial charge in [0, 0.05) is 12.6 Å². The fraction of sp³-hybridized carbons (Fsp3) is 0.444. The number of methoxy groups -OCH3 is 1. The Morgan fingerprint density at radius 3 is 2.50 bits per heavy atom. The van der Waals surface area contributed by atoms with Crippen molar-refractivity contribution >= 4 is 17.3 Å². The van der Waals surface area contributed by atoms with E-state index in [0.29, 0.717) is 6.54 Å². The summed E-state index contributed by atoms with van der Waals surface area (Å²) in [6, 6.07) is 7.73. The van der Waals surface area contributed by atoms with E-state index in [9.17, 15) is 10.1 Å². The van der Waals surface area contributed by atoms with E-state index in [-0.39, 0.29) is 23.4 Å². The first kappa shape index (κ1) is 17.9. The Balaban J connectivity index is 1.74. The third-order valence-corrected chi connectivity index (χ3v) is 4.57. The maximum Gasteiger partial charge on any atom is 0.353 e. The summed E-state index contributed by atoms with van der Waals surface area (Å²) in [5.74, 6) is 1.27. The van der Waals surface area contributed by atoms with Gasteiger partial charge in [-0.1, -0.05) is 31.4 Å². The van der Waals surface area contributed by atoms with Gasteiger partial charge in [0.15, 0.2) is 0 Å². The molecule has 138 valence electrons. The fourth-order valence-electron chi connectivity index (χ4n) is 3.16. The molecule has 0 saturated heterocycles. The normalized spacial score (nSPS) is 14.7. The summed E-state index contributed by atoms with van der Waals surface area (Å²) in [5, 5.41) is 17.9. The molecule has 1 aromatic heterocycles. The zero-order chi connectivity index (χ0) is 18.4. The molecule has 1 aliphatic carbocycles. The fourth-order valence-corrected chi connectivity index (χ4v) is 3.16. The van der Waals surface area contributed by atoms with Gasteiger partial charge in [-0.3, -0.25) is 10.1 Å². The van der Waals surface area contributed by atoms with Crippen molar-refractivity contribution < 1.29 is 9.66 Å². The number of hydrogen-bond acceptors (Lipinski definition) is 7. The number of ether oxygens (including phenoxy) is 1. The molecule has 1 fully saturated rings. The van der Waals surface area contributed by atoms with E-state index in [1.807, 2.05) is 24.3 Å². The molecule has 1 saturated carbocycles. The average Bonchev–Trinajstić information content (AvgIpc) is 2.67. The van der Waals surface area contributed by atoms with Crippen LogP contribution in [0.5, 0.6) is 5.75 Å². The van der Waals surface area contributed by atoms with Crippen molar-refractivity contribution in [3.05, 3.63) is 46.3 Å². The first-order valence-electron chi connectivity index (χ1n) is 8.80. The highest BCUT2D eigenvalue weighted by Gasteiger charge is 2.25. The lowest BCUT2D eigenvalue weighted by atomic mass is 9.95. The van der Waals surface area contributed by atoms with Gasteiger partial charge in [0.25, 0.3) is 0 Å². The van der Waals surface area contributed by atoms with Crippen LogP contribution in [0.25, 0.3) is 0 Å². The molecule has 2 N–H and O–H groups in total. The number of nitrogens with zero attached hydrogens (tertiary/aromatic N) is 3. The number of nitrogens with one attached hydrogen (secondary N) is 2. The van der Waals surface area contributed by atoms with Gasteiger partial charge in [-0.25, -0.2) is 9.97 Å². The molecule has 0 bridgehead atoms. The number of hydrogen-bond donors (Lipinski definition) is 2. The molecule has 0 atom stereocenters. The van der Waals surface area contributed by atoms with Crippen LogP contribution in [-0.2, 0) is 6.54 Å². The first-order valence-corrected chi connectivity index (χ1v) is 8.80. The van der Waals surface area contributed by atoms with Crippen molar-refractivity contribution in [2.24, 2.45) is 0 Å². The minimum atomic E-state index is -0.429. The minimum absolute atomic E-state index is 0.105. The largest absolute Gasteiger partial charge is 0.497 e. The lowest BCUT2D eigenvalue weighted by Crippen LogP contribution is -2.23. The summed E-state index contributed by atoms with van der Waals surface area (Å²) in [6.07, 6.45) is 6.87. The Hall–Kier alpha value is -2.90. The van der Waals surface area contributed by atoms with Gasteiger partial charge in [-0.05, 0) is 30.5 Å². The zero-order valence-electron chi connectivity index (χ0n) is 14.8. The van der Waals surface area contributed by atoms with Gasteiger partial charge in [0.1, 0.15) is 12.1 Å². The Morgan fingerprint density at radius 2 is 1.85 bits per heavy atom. The summed E-state index contributed by atoms with van der Waals surface area (Å²) in [6.45, 7) is 0.421. The first-order chi connectivity index (χ1) is 12.7. The van der Waals surface area contributed by atoms with E-state index in [2.05, 4.69) is 20.6 Å². The molecule has 1 heterocycles. The molecule has 0 radical (unpaired) electrons. The molecule has 8 nitrogen and oxygen atoms in total. The number of rotatable bonds is 7. The molecule has 1 aromatic carbocycles. The molecular weight excluding hydrogens is 334 g/mol. The van der Waals surface area contributed by atoms with Crippen molar-refractivity contribution in [1.29, 1.82) is 0 Å². The predicted molar refractivity (Wildman–Crippen MR) is 99.5 cm³/mol. The summed E-state index contributed by atoms with van der Waals surface area (Å²) in [4.78, 5) is 19.4. The van der Waals surface area contributed by atoms with E-state index in [1.54, 1.807) is 7.11 Å². The van der Waals surface area contributed by atoms with Crippen molar-refractivity contribution in [1.82, 2.24) is 9.97 Å². The molecule has 0 spiro atoms. The topological polar surface area (TPSA) is 102 Å². The van der Waals surface area contributed by atoms with Gasteiger partial charge in [-0.15, -0.1) is 0 Å². The Labute approximate surface area is 152 Å². The van der Waals surface area contributed by atoms with Crippen LogP contribution < -0.4 is 15.4 Å². The third kappa shape index (κ3) is 4.38. The van der Waals surface area contributed by atoms with Crippen molar-refractivity contribution in [2.45, 2.75) is 44.7 Å². The number of aromatic nitrogens is 2. The third-order valence-electron chi connectivity index (χ3n) is 4.57. The lowest BCUT2D eigenvalue weighted by molar-refractivity contribution is -0.383. The molecule has 3 rings (SSSR count). The smallest absolute Gasteiger partial charge is 0.353 e. The summed E-state index contributed by atoms with van der Waals surface area (Å²) >= 11 is 0. The molecule has 8 heteroatoms. The zero-order valence-corrected chi connectivity index (χ0v) is 14.8. The highest BCUT2D eigenvalue weighted by Crippen LogP contribution is 2.31. The quantitative estimate of drug-likeness (QED) is 0.574. The van der Waals surface area contributed by atoms with E-state index in [1.165, 1.54) is 12.7 Å². The Kier molecular flexibility index (Phi) is 5.83. The number of benzene rings is 1. The van der Waals surface area contributed by atoms with Crippen LogP contribution in [0.15, 0.2) is 30.6 Å². The lowest BCUT2D eigenvalue weighted by Gasteiger charge is -2.23. The van der Waals surface area contributed by atoms with E-state index >= 15 is 0 Å². The van der Waals surface area contributed by atoms with E-state index < -0.39 is 4.92 Å². The summed E-state index contributed by atoms with van der Waals surface area (Å²) < 4.78 is 5.13. The van der Waals surface area contributed by atoms with Crippen LogP contribution in [0.4, 0.5) is 17.3 Å². The Morgan fingerprint density at radius 1 is 1.15 bits per heavy atom. The highest BCUT2D eigenvalue weighted by molar-refractivity contribution is 5.69. The molecule has 1 aliphatic rings.